The molecule has 0 aromatic heterocycles. The van der Waals surface area contributed by atoms with Crippen LogP contribution in [0.4, 0.5) is 10.5 Å². The summed E-state index contributed by atoms with van der Waals surface area (Å²) in [4.78, 5) is 25.6. The smallest absolute Gasteiger partial charge is 0.414 e. The van der Waals surface area contributed by atoms with Crippen LogP contribution in [0.5, 0.6) is 0 Å². The van der Waals surface area contributed by atoms with Crippen molar-refractivity contribution in [2.45, 2.75) is 12.5 Å². The molecule has 2 amide bonds. The summed E-state index contributed by atoms with van der Waals surface area (Å²) in [7, 11) is 0. The summed E-state index contributed by atoms with van der Waals surface area (Å²) in [5, 5.41) is 11.7. The van der Waals surface area contributed by atoms with Gasteiger partial charge in [0.25, 0.3) is 5.91 Å². The van der Waals surface area contributed by atoms with E-state index in [4.69, 9.17) is 10.00 Å². The average molecular weight is 335 g/mol. The van der Waals surface area contributed by atoms with Crippen LogP contribution in [0, 0.1) is 11.3 Å². The molecule has 2 aromatic rings. The number of carbonyl (C=O) groups is 2. The van der Waals surface area contributed by atoms with Crippen molar-refractivity contribution in [3.63, 3.8) is 0 Å². The molecule has 2 aromatic carbocycles. The maximum atomic E-state index is 12.1. The van der Waals surface area contributed by atoms with Gasteiger partial charge in [0.05, 0.1) is 18.2 Å². The second-order valence-electron chi connectivity index (χ2n) is 5.69. The summed E-state index contributed by atoms with van der Waals surface area (Å²) in [6.45, 7) is 0.846. The van der Waals surface area contributed by atoms with Crippen LogP contribution in [-0.4, -0.2) is 31.2 Å². The molecule has 6 heteroatoms. The molecule has 0 aliphatic carbocycles. The Kier molecular flexibility index (Phi) is 4.95. The molecular formula is C19H17N3O3. The molecule has 0 bridgehead atoms. The fourth-order valence-electron chi connectivity index (χ4n) is 2.67. The van der Waals surface area contributed by atoms with Crippen molar-refractivity contribution < 1.29 is 14.3 Å². The monoisotopic (exact) mass is 335 g/mol. The Hall–Kier alpha value is -3.33. The molecule has 1 aliphatic rings. The van der Waals surface area contributed by atoms with Crippen LogP contribution in [-0.2, 0) is 4.74 Å². The molecule has 126 valence electrons. The van der Waals surface area contributed by atoms with Gasteiger partial charge in [0, 0.05) is 24.2 Å². The van der Waals surface area contributed by atoms with Crippen molar-refractivity contribution in [3.8, 4) is 6.07 Å². The Bertz CT molecular complexity index is 814. The number of cyclic esters (lactones) is 1. The van der Waals surface area contributed by atoms with E-state index in [9.17, 15) is 9.59 Å². The minimum Gasteiger partial charge on any atom is -0.444 e. The van der Waals surface area contributed by atoms with E-state index in [1.54, 1.807) is 29.2 Å². The van der Waals surface area contributed by atoms with Crippen LogP contribution >= 0.6 is 0 Å². The third kappa shape index (κ3) is 3.96. The van der Waals surface area contributed by atoms with Gasteiger partial charge in [-0.1, -0.05) is 24.3 Å². The van der Waals surface area contributed by atoms with Gasteiger partial charge >= 0.3 is 6.09 Å². The van der Waals surface area contributed by atoms with Crippen LogP contribution in [0.15, 0.2) is 54.6 Å². The van der Waals surface area contributed by atoms with Gasteiger partial charge in [0.2, 0.25) is 0 Å². The van der Waals surface area contributed by atoms with E-state index >= 15 is 0 Å². The van der Waals surface area contributed by atoms with Crippen molar-refractivity contribution in [1.29, 1.82) is 5.26 Å². The van der Waals surface area contributed by atoms with E-state index in [0.717, 1.165) is 5.69 Å². The second-order valence-corrected chi connectivity index (χ2v) is 5.69. The lowest BCUT2D eigenvalue weighted by Crippen LogP contribution is -2.29. The van der Waals surface area contributed by atoms with Gasteiger partial charge in [-0.05, 0) is 30.3 Å². The minimum absolute atomic E-state index is 0.249. The van der Waals surface area contributed by atoms with Crippen molar-refractivity contribution in [3.05, 3.63) is 65.7 Å². The first-order valence-electron chi connectivity index (χ1n) is 7.99. The number of rotatable bonds is 5. The second kappa shape index (κ2) is 7.49. The van der Waals surface area contributed by atoms with Crippen LogP contribution in [0.2, 0.25) is 0 Å². The highest BCUT2D eigenvalue weighted by molar-refractivity contribution is 5.94. The first-order valence-corrected chi connectivity index (χ1v) is 7.99. The Labute approximate surface area is 145 Å². The Morgan fingerprint density at radius 3 is 2.80 bits per heavy atom. The van der Waals surface area contributed by atoms with Gasteiger partial charge in [0.15, 0.2) is 0 Å². The lowest BCUT2D eigenvalue weighted by molar-refractivity contribution is 0.0944. The molecule has 1 atom stereocenters. The van der Waals surface area contributed by atoms with Gasteiger partial charge in [0.1, 0.15) is 6.10 Å². The quantitative estimate of drug-likeness (QED) is 0.911. The number of nitrogens with one attached hydrogen (secondary N) is 1. The van der Waals surface area contributed by atoms with E-state index in [2.05, 4.69) is 5.32 Å². The van der Waals surface area contributed by atoms with Crippen LogP contribution < -0.4 is 10.2 Å². The average Bonchev–Trinajstić information content (AvgIpc) is 3.03. The molecule has 1 N–H and O–H groups in total. The van der Waals surface area contributed by atoms with Gasteiger partial charge in [-0.3, -0.25) is 9.69 Å². The number of para-hydroxylation sites is 1. The van der Waals surface area contributed by atoms with E-state index in [1.807, 2.05) is 36.4 Å². The molecule has 0 radical (unpaired) electrons. The number of ether oxygens (including phenoxy) is 1. The molecule has 3 rings (SSSR count). The predicted octanol–water partition coefficient (Wildman–Crippen LogP) is 2.70. The summed E-state index contributed by atoms with van der Waals surface area (Å²) in [6, 6.07) is 17.9. The van der Waals surface area contributed by atoms with E-state index in [-0.39, 0.29) is 18.1 Å². The number of nitrogens with zero attached hydrogens (tertiary/aromatic N) is 2. The maximum absolute atomic E-state index is 12.1. The molecule has 0 spiro atoms. The third-order valence-corrected chi connectivity index (χ3v) is 3.95. The summed E-state index contributed by atoms with van der Waals surface area (Å²) >= 11 is 0. The van der Waals surface area contributed by atoms with E-state index in [1.165, 1.54) is 0 Å². The topological polar surface area (TPSA) is 82.4 Å². The molecule has 6 nitrogen and oxygen atoms in total. The molecule has 1 unspecified atom stereocenters. The minimum atomic E-state index is -0.371. The highest BCUT2D eigenvalue weighted by atomic mass is 16.6. The lowest BCUT2D eigenvalue weighted by Gasteiger charge is -2.12. The van der Waals surface area contributed by atoms with E-state index in [0.29, 0.717) is 30.6 Å². The van der Waals surface area contributed by atoms with Crippen molar-refractivity contribution >= 4 is 17.7 Å². The van der Waals surface area contributed by atoms with Gasteiger partial charge in [-0.25, -0.2) is 4.79 Å². The zero-order valence-corrected chi connectivity index (χ0v) is 13.5. The number of hydrogen-bond donors (Lipinski definition) is 1. The maximum Gasteiger partial charge on any atom is 0.414 e. The number of hydrogen-bond acceptors (Lipinski definition) is 4. The molecule has 1 aliphatic heterocycles. The number of benzene rings is 2. The number of anilines is 1. The predicted molar refractivity (Wildman–Crippen MR) is 92.2 cm³/mol. The van der Waals surface area contributed by atoms with Gasteiger partial charge in [-0.2, -0.15) is 5.26 Å². The first kappa shape index (κ1) is 16.5. The highest BCUT2D eigenvalue weighted by Gasteiger charge is 2.31. The number of carbonyl (C=O) groups excluding carboxylic acids is 2. The summed E-state index contributed by atoms with van der Waals surface area (Å²) in [5.41, 5.74) is 1.68. The van der Waals surface area contributed by atoms with Crippen LogP contribution in [0.3, 0.4) is 0 Å². The van der Waals surface area contributed by atoms with Crippen molar-refractivity contribution in [2.75, 3.05) is 18.0 Å². The number of nitriles is 1. The zero-order chi connectivity index (χ0) is 17.6. The Morgan fingerprint density at radius 2 is 2.04 bits per heavy atom. The first-order chi connectivity index (χ1) is 12.2. The Balaban J connectivity index is 1.50. The van der Waals surface area contributed by atoms with E-state index < -0.39 is 0 Å². The number of amides is 2. The van der Waals surface area contributed by atoms with Crippen molar-refractivity contribution in [2.24, 2.45) is 0 Å². The van der Waals surface area contributed by atoms with Gasteiger partial charge in [-0.15, -0.1) is 0 Å². The summed E-state index contributed by atoms with van der Waals surface area (Å²) in [5.74, 6) is -0.249. The highest BCUT2D eigenvalue weighted by Crippen LogP contribution is 2.22. The Morgan fingerprint density at radius 1 is 1.24 bits per heavy atom. The molecular weight excluding hydrogens is 318 g/mol. The summed E-state index contributed by atoms with van der Waals surface area (Å²) < 4.78 is 5.35. The molecule has 25 heavy (non-hydrogen) atoms. The fourth-order valence-corrected chi connectivity index (χ4v) is 2.67. The zero-order valence-electron chi connectivity index (χ0n) is 13.5. The molecule has 0 saturated carbocycles. The molecule has 1 saturated heterocycles. The van der Waals surface area contributed by atoms with Crippen molar-refractivity contribution in [1.82, 2.24) is 5.32 Å². The molecule has 1 fully saturated rings. The SMILES string of the molecule is N#Cc1cccc(C(=O)NCCC2CN(c3ccccc3)C(=O)O2)c1. The van der Waals surface area contributed by atoms with Crippen LogP contribution in [0.25, 0.3) is 0 Å². The van der Waals surface area contributed by atoms with Crippen LogP contribution in [0.1, 0.15) is 22.3 Å². The standard InChI is InChI=1S/C19H17N3O3/c20-12-14-5-4-6-15(11-14)18(23)21-10-9-17-13-22(19(24)25-17)16-7-2-1-3-8-16/h1-8,11,17H,9-10,13H2,(H,21,23). The normalized spacial score (nSPS) is 16.2. The molecule has 1 heterocycles. The largest absolute Gasteiger partial charge is 0.444 e. The lowest BCUT2D eigenvalue weighted by atomic mass is 10.1. The third-order valence-electron chi connectivity index (χ3n) is 3.95. The fraction of sp³-hybridized carbons (Fsp3) is 0.211. The summed E-state index contributed by atoms with van der Waals surface area (Å²) in [6.07, 6.45) is -0.110. The van der Waals surface area contributed by atoms with Gasteiger partial charge < -0.3 is 10.1 Å².